The molecular formula is C14H18FN3. The Bertz CT molecular complexity index is 447. The second-order valence-electron chi connectivity index (χ2n) is 4.62. The summed E-state index contributed by atoms with van der Waals surface area (Å²) in [6.45, 7) is 5.45. The van der Waals surface area contributed by atoms with Gasteiger partial charge in [-0.2, -0.15) is 5.26 Å². The molecule has 4 heteroatoms. The third-order valence-electron chi connectivity index (χ3n) is 3.55. The Morgan fingerprint density at radius 3 is 2.83 bits per heavy atom. The van der Waals surface area contributed by atoms with Crippen molar-refractivity contribution in [3.8, 4) is 6.07 Å². The molecule has 1 aromatic carbocycles. The predicted octanol–water partition coefficient (Wildman–Crippen LogP) is 1.99. The molecule has 1 heterocycles. The van der Waals surface area contributed by atoms with Crippen molar-refractivity contribution < 1.29 is 4.39 Å². The van der Waals surface area contributed by atoms with Gasteiger partial charge in [0.05, 0.1) is 12.5 Å². The first-order valence-corrected chi connectivity index (χ1v) is 6.30. The van der Waals surface area contributed by atoms with Crippen LogP contribution in [0.5, 0.6) is 0 Å². The molecule has 1 N–H and O–H groups in total. The molecular weight excluding hydrogens is 229 g/mol. The molecule has 1 aliphatic heterocycles. The van der Waals surface area contributed by atoms with Crippen molar-refractivity contribution in [1.82, 2.24) is 10.2 Å². The lowest BCUT2D eigenvalue weighted by molar-refractivity contribution is 0.175. The molecule has 0 radical (unpaired) electrons. The fourth-order valence-corrected chi connectivity index (χ4v) is 2.50. The van der Waals surface area contributed by atoms with Crippen LogP contribution >= 0.6 is 0 Å². The van der Waals surface area contributed by atoms with Gasteiger partial charge in [0, 0.05) is 32.2 Å². The molecule has 0 saturated carbocycles. The Morgan fingerprint density at radius 1 is 1.44 bits per heavy atom. The van der Waals surface area contributed by atoms with Gasteiger partial charge in [-0.3, -0.25) is 4.90 Å². The van der Waals surface area contributed by atoms with E-state index in [0.717, 1.165) is 31.7 Å². The summed E-state index contributed by atoms with van der Waals surface area (Å²) in [7, 11) is 0. The van der Waals surface area contributed by atoms with E-state index in [1.807, 2.05) is 6.07 Å². The highest BCUT2D eigenvalue weighted by Crippen LogP contribution is 2.28. The summed E-state index contributed by atoms with van der Waals surface area (Å²) in [4.78, 5) is 2.27. The molecule has 1 aliphatic rings. The van der Waals surface area contributed by atoms with E-state index in [-0.39, 0.29) is 11.9 Å². The van der Waals surface area contributed by atoms with Gasteiger partial charge in [0.2, 0.25) is 0 Å². The summed E-state index contributed by atoms with van der Waals surface area (Å²) in [5, 5.41) is 12.3. The van der Waals surface area contributed by atoms with Crippen LogP contribution in [0.4, 0.5) is 4.39 Å². The van der Waals surface area contributed by atoms with E-state index < -0.39 is 0 Å². The molecule has 1 aromatic rings. The molecule has 0 bridgehead atoms. The van der Waals surface area contributed by atoms with E-state index in [0.29, 0.717) is 12.0 Å². The zero-order chi connectivity index (χ0) is 13.0. The Morgan fingerprint density at radius 2 is 2.17 bits per heavy atom. The zero-order valence-electron chi connectivity index (χ0n) is 10.6. The summed E-state index contributed by atoms with van der Waals surface area (Å²) in [5.74, 6) is -0.189. The number of piperazine rings is 1. The molecule has 18 heavy (non-hydrogen) atoms. The van der Waals surface area contributed by atoms with Crippen LogP contribution < -0.4 is 5.32 Å². The fraction of sp³-hybridized carbons (Fsp3) is 0.500. The maximum atomic E-state index is 13.6. The highest BCUT2D eigenvalue weighted by molar-refractivity contribution is 5.31. The van der Waals surface area contributed by atoms with E-state index in [4.69, 9.17) is 5.26 Å². The standard InChI is InChI=1S/C14H18FN3/c1-11-12(3-2-4-13(11)15)14(5-6-16)18-9-7-17-8-10-18/h2-4,14,17H,5,7-10H2,1H3/t14-/m1/s1. The maximum Gasteiger partial charge on any atom is 0.126 e. The number of nitrogens with one attached hydrogen (secondary N) is 1. The third-order valence-corrected chi connectivity index (χ3v) is 3.55. The highest BCUT2D eigenvalue weighted by atomic mass is 19.1. The lowest BCUT2D eigenvalue weighted by Crippen LogP contribution is -2.45. The van der Waals surface area contributed by atoms with E-state index in [9.17, 15) is 4.39 Å². The van der Waals surface area contributed by atoms with Crippen molar-refractivity contribution in [3.05, 3.63) is 35.1 Å². The van der Waals surface area contributed by atoms with Crippen LogP contribution in [0.1, 0.15) is 23.6 Å². The van der Waals surface area contributed by atoms with Crippen LogP contribution in [0, 0.1) is 24.1 Å². The molecule has 0 unspecified atom stereocenters. The van der Waals surface area contributed by atoms with Gasteiger partial charge in [-0.1, -0.05) is 12.1 Å². The summed E-state index contributed by atoms with van der Waals surface area (Å²) in [5.41, 5.74) is 1.61. The fourth-order valence-electron chi connectivity index (χ4n) is 2.50. The van der Waals surface area contributed by atoms with Gasteiger partial charge < -0.3 is 5.32 Å². The average Bonchev–Trinajstić information content (AvgIpc) is 2.41. The van der Waals surface area contributed by atoms with E-state index in [1.165, 1.54) is 6.07 Å². The van der Waals surface area contributed by atoms with Gasteiger partial charge in [0.1, 0.15) is 5.82 Å². The maximum absolute atomic E-state index is 13.6. The molecule has 3 nitrogen and oxygen atoms in total. The van der Waals surface area contributed by atoms with Gasteiger partial charge in [-0.05, 0) is 24.1 Å². The minimum absolute atomic E-state index is 0.00722. The SMILES string of the molecule is Cc1c(F)cccc1[C@@H](CC#N)N1CCNCC1. The number of rotatable bonds is 3. The van der Waals surface area contributed by atoms with E-state index in [1.54, 1.807) is 13.0 Å². The van der Waals surface area contributed by atoms with Gasteiger partial charge in [-0.15, -0.1) is 0 Å². The van der Waals surface area contributed by atoms with Gasteiger partial charge in [0.15, 0.2) is 0 Å². The van der Waals surface area contributed by atoms with Crippen molar-refractivity contribution in [2.75, 3.05) is 26.2 Å². The van der Waals surface area contributed by atoms with Gasteiger partial charge >= 0.3 is 0 Å². The minimum Gasteiger partial charge on any atom is -0.314 e. The zero-order valence-corrected chi connectivity index (χ0v) is 10.6. The smallest absolute Gasteiger partial charge is 0.126 e. The van der Waals surface area contributed by atoms with Crippen molar-refractivity contribution >= 4 is 0 Å². The first-order chi connectivity index (χ1) is 8.74. The van der Waals surface area contributed by atoms with Crippen LogP contribution in [0.3, 0.4) is 0 Å². The average molecular weight is 247 g/mol. The van der Waals surface area contributed by atoms with Crippen molar-refractivity contribution in [2.45, 2.75) is 19.4 Å². The predicted molar refractivity (Wildman–Crippen MR) is 68.6 cm³/mol. The number of nitriles is 1. The lowest BCUT2D eigenvalue weighted by atomic mass is 9.97. The molecule has 1 fully saturated rings. The van der Waals surface area contributed by atoms with Crippen LogP contribution in [-0.4, -0.2) is 31.1 Å². The Kier molecular flexibility index (Phi) is 4.29. The Balaban J connectivity index is 2.28. The van der Waals surface area contributed by atoms with Crippen molar-refractivity contribution in [1.29, 1.82) is 5.26 Å². The molecule has 1 atom stereocenters. The second-order valence-corrected chi connectivity index (χ2v) is 4.62. The summed E-state index contributed by atoms with van der Waals surface area (Å²) >= 11 is 0. The van der Waals surface area contributed by atoms with Crippen molar-refractivity contribution in [2.24, 2.45) is 0 Å². The Labute approximate surface area is 107 Å². The van der Waals surface area contributed by atoms with Crippen molar-refractivity contribution in [3.63, 3.8) is 0 Å². The quantitative estimate of drug-likeness (QED) is 0.888. The van der Waals surface area contributed by atoms with Crippen LogP contribution in [0.15, 0.2) is 18.2 Å². The summed E-state index contributed by atoms with van der Waals surface area (Å²) < 4.78 is 13.6. The summed E-state index contributed by atoms with van der Waals surface area (Å²) in [6.07, 6.45) is 0.407. The summed E-state index contributed by atoms with van der Waals surface area (Å²) in [6, 6.07) is 7.36. The van der Waals surface area contributed by atoms with Gasteiger partial charge in [-0.25, -0.2) is 4.39 Å². The van der Waals surface area contributed by atoms with Crippen LogP contribution in [0.25, 0.3) is 0 Å². The van der Waals surface area contributed by atoms with E-state index >= 15 is 0 Å². The molecule has 2 rings (SSSR count). The monoisotopic (exact) mass is 247 g/mol. The van der Waals surface area contributed by atoms with E-state index in [2.05, 4.69) is 16.3 Å². The molecule has 0 aromatic heterocycles. The minimum atomic E-state index is -0.189. The number of benzene rings is 1. The topological polar surface area (TPSA) is 39.1 Å². The normalized spacial score (nSPS) is 18.3. The first-order valence-electron chi connectivity index (χ1n) is 6.30. The number of hydrogen-bond acceptors (Lipinski definition) is 3. The molecule has 1 saturated heterocycles. The molecule has 0 spiro atoms. The number of nitrogens with zero attached hydrogens (tertiary/aromatic N) is 2. The second kappa shape index (κ2) is 5.94. The Hall–Kier alpha value is -1.44. The van der Waals surface area contributed by atoms with Crippen LogP contribution in [0.2, 0.25) is 0 Å². The molecule has 96 valence electrons. The van der Waals surface area contributed by atoms with Crippen LogP contribution in [-0.2, 0) is 0 Å². The largest absolute Gasteiger partial charge is 0.314 e. The third kappa shape index (κ3) is 2.69. The number of halogens is 1. The lowest BCUT2D eigenvalue weighted by Gasteiger charge is -2.34. The number of hydrogen-bond donors (Lipinski definition) is 1. The highest BCUT2D eigenvalue weighted by Gasteiger charge is 2.23. The molecule has 0 amide bonds. The first kappa shape index (κ1) is 13.0. The van der Waals surface area contributed by atoms with Gasteiger partial charge in [0.25, 0.3) is 0 Å². The molecule has 0 aliphatic carbocycles.